The number of anilines is 1. The Morgan fingerprint density at radius 1 is 1.46 bits per heavy atom. The van der Waals surface area contributed by atoms with E-state index in [9.17, 15) is 0 Å². The second-order valence-corrected chi connectivity index (χ2v) is 3.70. The first kappa shape index (κ1) is 10.1. The Labute approximate surface area is 86.7 Å². The molecule has 0 radical (unpaired) electrons. The van der Waals surface area contributed by atoms with Crippen LogP contribution in [0.25, 0.3) is 0 Å². The first-order valence-corrected chi connectivity index (χ1v) is 4.75. The van der Waals surface area contributed by atoms with E-state index in [1.807, 2.05) is 31.3 Å². The van der Waals surface area contributed by atoms with Crippen LogP contribution in [-0.4, -0.2) is 13.7 Å². The van der Waals surface area contributed by atoms with Crippen LogP contribution in [0.2, 0.25) is 0 Å². The smallest absolute Gasteiger partial charge is 0.119 e. The lowest BCUT2D eigenvalue weighted by Gasteiger charge is -2.05. The van der Waals surface area contributed by atoms with Crippen molar-refractivity contribution in [1.82, 2.24) is 0 Å². The third-order valence-electron chi connectivity index (χ3n) is 1.54. The molecule has 0 atom stereocenters. The summed E-state index contributed by atoms with van der Waals surface area (Å²) in [6, 6.07) is 7.77. The molecule has 0 bridgehead atoms. The second-order valence-electron chi connectivity index (χ2n) is 2.58. The Balaban J connectivity index is 2.54. The zero-order valence-electron chi connectivity index (χ0n) is 7.51. The molecule has 0 amide bonds. The predicted molar refractivity (Wildman–Crippen MR) is 59.6 cm³/mol. The molecule has 13 heavy (non-hydrogen) atoms. The highest BCUT2D eigenvalue weighted by atomic mass is 79.9. The van der Waals surface area contributed by atoms with E-state index in [2.05, 4.69) is 27.8 Å². The van der Waals surface area contributed by atoms with Gasteiger partial charge < -0.3 is 10.1 Å². The van der Waals surface area contributed by atoms with Crippen molar-refractivity contribution in [2.75, 3.05) is 19.0 Å². The summed E-state index contributed by atoms with van der Waals surface area (Å²) in [5, 5.41) is 3.04. The van der Waals surface area contributed by atoms with Crippen LogP contribution in [0.5, 0.6) is 5.75 Å². The summed E-state index contributed by atoms with van der Waals surface area (Å²) in [4.78, 5) is 0. The molecule has 0 aliphatic heterocycles. The van der Waals surface area contributed by atoms with E-state index in [4.69, 9.17) is 4.74 Å². The van der Waals surface area contributed by atoms with Gasteiger partial charge in [-0.1, -0.05) is 22.5 Å². The summed E-state index contributed by atoms with van der Waals surface area (Å²) in [5.74, 6) is 0.847. The normalized spacial score (nSPS) is 9.38. The maximum Gasteiger partial charge on any atom is 0.119 e. The minimum atomic E-state index is 0.499. The molecule has 0 saturated heterocycles. The molecular formula is C10H12BrNO. The van der Waals surface area contributed by atoms with Crippen LogP contribution in [0.15, 0.2) is 35.3 Å². The van der Waals surface area contributed by atoms with Crippen molar-refractivity contribution in [3.63, 3.8) is 0 Å². The van der Waals surface area contributed by atoms with Gasteiger partial charge in [0.05, 0.1) is 0 Å². The van der Waals surface area contributed by atoms with E-state index < -0.39 is 0 Å². The molecule has 0 fully saturated rings. The molecule has 0 spiro atoms. The summed E-state index contributed by atoms with van der Waals surface area (Å²) in [5.41, 5.74) is 1.07. The van der Waals surface area contributed by atoms with Crippen LogP contribution in [-0.2, 0) is 0 Å². The van der Waals surface area contributed by atoms with Gasteiger partial charge in [-0.15, -0.1) is 0 Å². The van der Waals surface area contributed by atoms with E-state index in [-0.39, 0.29) is 0 Å². The van der Waals surface area contributed by atoms with Gasteiger partial charge >= 0.3 is 0 Å². The average molecular weight is 242 g/mol. The van der Waals surface area contributed by atoms with Gasteiger partial charge in [-0.3, -0.25) is 0 Å². The fourth-order valence-electron chi connectivity index (χ4n) is 0.879. The van der Waals surface area contributed by atoms with Crippen LogP contribution in [0, 0.1) is 0 Å². The van der Waals surface area contributed by atoms with Gasteiger partial charge in [0.25, 0.3) is 0 Å². The third-order valence-corrected chi connectivity index (χ3v) is 1.77. The summed E-state index contributed by atoms with van der Waals surface area (Å²) in [7, 11) is 1.89. The lowest BCUT2D eigenvalue weighted by Crippen LogP contribution is -1.96. The Morgan fingerprint density at radius 3 is 2.54 bits per heavy atom. The number of benzene rings is 1. The molecule has 0 unspecified atom stereocenters. The van der Waals surface area contributed by atoms with Gasteiger partial charge in [0, 0.05) is 17.2 Å². The Bertz CT molecular complexity index is 281. The van der Waals surface area contributed by atoms with E-state index >= 15 is 0 Å². The maximum absolute atomic E-state index is 5.39. The molecule has 70 valence electrons. The van der Waals surface area contributed by atoms with Crippen molar-refractivity contribution in [1.29, 1.82) is 0 Å². The molecule has 3 heteroatoms. The van der Waals surface area contributed by atoms with Crippen molar-refractivity contribution >= 4 is 21.6 Å². The van der Waals surface area contributed by atoms with Crippen molar-refractivity contribution in [2.24, 2.45) is 0 Å². The van der Waals surface area contributed by atoms with Crippen molar-refractivity contribution in [3.05, 3.63) is 35.3 Å². The monoisotopic (exact) mass is 241 g/mol. The minimum Gasteiger partial charge on any atom is -0.488 e. The molecule has 0 aliphatic rings. The molecule has 0 aliphatic carbocycles. The van der Waals surface area contributed by atoms with Gasteiger partial charge in [-0.2, -0.15) is 0 Å². The Kier molecular flexibility index (Phi) is 3.83. The summed E-state index contributed by atoms with van der Waals surface area (Å²) in [6.45, 7) is 4.18. The minimum absolute atomic E-state index is 0.499. The maximum atomic E-state index is 5.39. The number of rotatable bonds is 4. The summed E-state index contributed by atoms with van der Waals surface area (Å²) < 4.78 is 6.23. The topological polar surface area (TPSA) is 21.3 Å². The molecule has 0 saturated carbocycles. The lowest BCUT2D eigenvalue weighted by molar-refractivity contribution is 0.361. The first-order chi connectivity index (χ1) is 6.22. The fourth-order valence-corrected chi connectivity index (χ4v) is 0.994. The Hall–Kier alpha value is -0.960. The van der Waals surface area contributed by atoms with Gasteiger partial charge in [0.15, 0.2) is 0 Å². The molecule has 1 aromatic carbocycles. The van der Waals surface area contributed by atoms with Gasteiger partial charge in [0.2, 0.25) is 0 Å². The van der Waals surface area contributed by atoms with Gasteiger partial charge in [-0.05, 0) is 24.3 Å². The van der Waals surface area contributed by atoms with E-state index in [1.165, 1.54) is 0 Å². The third kappa shape index (κ3) is 3.51. The number of nitrogens with one attached hydrogen (secondary N) is 1. The molecule has 2 nitrogen and oxygen atoms in total. The van der Waals surface area contributed by atoms with Crippen molar-refractivity contribution in [3.8, 4) is 5.75 Å². The molecule has 0 aromatic heterocycles. The van der Waals surface area contributed by atoms with Crippen molar-refractivity contribution in [2.45, 2.75) is 0 Å². The SMILES string of the molecule is C=C(Br)COc1ccc(NC)cc1. The van der Waals surface area contributed by atoms with Crippen LogP contribution in [0.1, 0.15) is 0 Å². The second kappa shape index (κ2) is 4.92. The standard InChI is InChI=1S/C10H12BrNO/c1-8(11)7-13-10-5-3-9(12-2)4-6-10/h3-6,12H,1,7H2,2H3. The van der Waals surface area contributed by atoms with E-state index in [0.29, 0.717) is 6.61 Å². The predicted octanol–water partition coefficient (Wildman–Crippen LogP) is 3.02. The number of halogens is 1. The fraction of sp³-hybridized carbons (Fsp3) is 0.200. The number of ether oxygens (including phenoxy) is 1. The Morgan fingerprint density at radius 2 is 2.08 bits per heavy atom. The van der Waals surface area contributed by atoms with Gasteiger partial charge in [0.1, 0.15) is 12.4 Å². The van der Waals surface area contributed by atoms with E-state index in [1.54, 1.807) is 0 Å². The highest BCUT2D eigenvalue weighted by Gasteiger charge is 1.93. The zero-order valence-corrected chi connectivity index (χ0v) is 9.10. The highest BCUT2D eigenvalue weighted by Crippen LogP contribution is 2.16. The van der Waals surface area contributed by atoms with Crippen LogP contribution < -0.4 is 10.1 Å². The van der Waals surface area contributed by atoms with Crippen LogP contribution in [0.4, 0.5) is 5.69 Å². The highest BCUT2D eigenvalue weighted by molar-refractivity contribution is 9.11. The molecule has 1 N–H and O–H groups in total. The largest absolute Gasteiger partial charge is 0.488 e. The molecule has 1 rings (SSSR count). The quantitative estimate of drug-likeness (QED) is 0.876. The molecule has 0 heterocycles. The van der Waals surface area contributed by atoms with E-state index in [0.717, 1.165) is 15.9 Å². The molecule has 1 aromatic rings. The molecular weight excluding hydrogens is 230 g/mol. The first-order valence-electron chi connectivity index (χ1n) is 3.96. The summed E-state index contributed by atoms with van der Waals surface area (Å²) in [6.07, 6.45) is 0. The van der Waals surface area contributed by atoms with Crippen LogP contribution >= 0.6 is 15.9 Å². The summed E-state index contributed by atoms with van der Waals surface area (Å²) >= 11 is 3.23. The average Bonchev–Trinajstić information content (AvgIpc) is 2.15. The zero-order chi connectivity index (χ0) is 9.68. The van der Waals surface area contributed by atoms with Crippen LogP contribution in [0.3, 0.4) is 0 Å². The van der Waals surface area contributed by atoms with Crippen molar-refractivity contribution < 1.29 is 4.74 Å². The number of hydrogen-bond donors (Lipinski definition) is 1. The number of hydrogen-bond acceptors (Lipinski definition) is 2. The lowest BCUT2D eigenvalue weighted by atomic mass is 10.3. The van der Waals surface area contributed by atoms with Gasteiger partial charge in [-0.25, -0.2) is 0 Å².